The van der Waals surface area contributed by atoms with E-state index in [1.807, 2.05) is 44.2 Å². The van der Waals surface area contributed by atoms with E-state index in [1.54, 1.807) is 7.05 Å². The molecule has 5 heteroatoms. The van der Waals surface area contributed by atoms with Gasteiger partial charge in [0.25, 0.3) is 0 Å². The smallest absolute Gasteiger partial charge is 0.237 e. The Morgan fingerprint density at radius 2 is 1.79 bits per heavy atom. The van der Waals surface area contributed by atoms with Gasteiger partial charge in [-0.15, -0.1) is 0 Å². The average Bonchev–Trinajstić information content (AvgIpc) is 2.59. The summed E-state index contributed by atoms with van der Waals surface area (Å²) in [4.78, 5) is 23.9. The molecule has 0 aromatic heterocycles. The Labute approximate surface area is 145 Å². The van der Waals surface area contributed by atoms with Crippen molar-refractivity contribution in [1.82, 2.24) is 10.6 Å². The Morgan fingerprint density at radius 3 is 2.38 bits per heavy atom. The molecule has 1 aromatic rings. The van der Waals surface area contributed by atoms with E-state index in [9.17, 15) is 9.59 Å². The van der Waals surface area contributed by atoms with Crippen LogP contribution in [0.25, 0.3) is 0 Å². The van der Waals surface area contributed by atoms with Gasteiger partial charge in [-0.1, -0.05) is 44.2 Å². The maximum absolute atomic E-state index is 12.2. The van der Waals surface area contributed by atoms with Crippen LogP contribution in [-0.4, -0.2) is 37.4 Å². The number of likely N-dealkylation sites (N-methyl/N-ethyl adjacent to an activating group) is 1. The summed E-state index contributed by atoms with van der Waals surface area (Å²) < 4.78 is 0. The van der Waals surface area contributed by atoms with Gasteiger partial charge in [0.2, 0.25) is 5.91 Å². The minimum atomic E-state index is -0.385. The van der Waals surface area contributed by atoms with Crippen LogP contribution in [0, 0.1) is 5.92 Å². The fourth-order valence-corrected chi connectivity index (χ4v) is 2.57. The molecule has 5 nitrogen and oxygen atoms in total. The number of rotatable bonds is 11. The molecule has 1 rings (SSSR count). The molecule has 134 valence electrons. The molecule has 1 aromatic carbocycles. The van der Waals surface area contributed by atoms with Gasteiger partial charge in [0.05, 0.1) is 12.1 Å². The number of carbonyl (C=O) groups excluding carboxylic acids is 2. The maximum atomic E-state index is 12.2. The second-order valence-electron chi connectivity index (χ2n) is 6.48. The summed E-state index contributed by atoms with van der Waals surface area (Å²) in [5.74, 6) is 0.0927. The summed E-state index contributed by atoms with van der Waals surface area (Å²) in [6.45, 7) is 4.34. The van der Waals surface area contributed by atoms with Gasteiger partial charge in [-0.25, -0.2) is 0 Å². The van der Waals surface area contributed by atoms with Crippen molar-refractivity contribution in [2.75, 3.05) is 13.6 Å². The molecule has 0 aliphatic rings. The van der Waals surface area contributed by atoms with Crippen molar-refractivity contribution in [3.8, 4) is 0 Å². The molecule has 2 unspecified atom stereocenters. The van der Waals surface area contributed by atoms with Gasteiger partial charge in [-0.3, -0.25) is 9.59 Å². The highest BCUT2D eigenvalue weighted by Crippen LogP contribution is 2.06. The largest absolute Gasteiger partial charge is 0.355 e. The average molecular weight is 333 g/mol. The summed E-state index contributed by atoms with van der Waals surface area (Å²) in [5, 5.41) is 6.01. The van der Waals surface area contributed by atoms with E-state index in [0.29, 0.717) is 19.4 Å². The van der Waals surface area contributed by atoms with Gasteiger partial charge < -0.3 is 16.4 Å². The lowest BCUT2D eigenvalue weighted by Crippen LogP contribution is -2.44. The number of nitrogens with one attached hydrogen (secondary N) is 2. The van der Waals surface area contributed by atoms with Crippen LogP contribution in [0.4, 0.5) is 0 Å². The Hall–Kier alpha value is -1.72. The van der Waals surface area contributed by atoms with Crippen molar-refractivity contribution in [1.29, 1.82) is 0 Å². The second-order valence-corrected chi connectivity index (χ2v) is 6.48. The number of benzene rings is 1. The molecule has 0 saturated heterocycles. The Bertz CT molecular complexity index is 503. The third-order valence-electron chi connectivity index (χ3n) is 4.12. The number of carbonyl (C=O) groups is 2. The van der Waals surface area contributed by atoms with Gasteiger partial charge in [-0.2, -0.15) is 0 Å². The van der Waals surface area contributed by atoms with E-state index in [-0.39, 0.29) is 29.7 Å². The number of ketones is 1. The lowest BCUT2D eigenvalue weighted by Gasteiger charge is -2.16. The molecule has 4 N–H and O–H groups in total. The third kappa shape index (κ3) is 7.23. The molecule has 0 aliphatic heterocycles. The highest BCUT2D eigenvalue weighted by molar-refractivity contribution is 5.85. The van der Waals surface area contributed by atoms with Crippen LogP contribution in [0.15, 0.2) is 30.3 Å². The zero-order valence-electron chi connectivity index (χ0n) is 15.0. The van der Waals surface area contributed by atoms with Gasteiger partial charge in [-0.05, 0) is 38.3 Å². The Kier molecular flexibility index (Phi) is 9.27. The molecule has 0 radical (unpaired) electrons. The van der Waals surface area contributed by atoms with Gasteiger partial charge in [0.1, 0.15) is 0 Å². The number of amides is 1. The minimum absolute atomic E-state index is 0.00362. The number of unbranched alkanes of at least 4 members (excludes halogenated alkanes) is 1. The Balaban J connectivity index is 2.26. The summed E-state index contributed by atoms with van der Waals surface area (Å²) in [6.07, 6.45) is 3.00. The minimum Gasteiger partial charge on any atom is -0.355 e. The lowest BCUT2D eigenvalue weighted by molar-refractivity contribution is -0.124. The molecule has 24 heavy (non-hydrogen) atoms. The Morgan fingerprint density at radius 1 is 1.12 bits per heavy atom. The molecule has 0 fully saturated rings. The molecule has 1 amide bonds. The van der Waals surface area contributed by atoms with Crippen molar-refractivity contribution in [2.45, 2.75) is 51.6 Å². The standard InChI is InChI=1S/C19H31N3O2/c1-14(2)18(23)16(20)11-7-8-12-22-19(24)17(21-3)13-15-9-5-4-6-10-15/h4-6,9-10,14,16-17,21H,7-8,11-13,20H2,1-3H3,(H,22,24). The quantitative estimate of drug-likeness (QED) is 0.538. The molecule has 0 saturated carbocycles. The number of hydrogen-bond acceptors (Lipinski definition) is 4. The van der Waals surface area contributed by atoms with Crippen molar-refractivity contribution in [3.63, 3.8) is 0 Å². The number of hydrogen-bond donors (Lipinski definition) is 3. The fourth-order valence-electron chi connectivity index (χ4n) is 2.57. The zero-order chi connectivity index (χ0) is 17.9. The van der Waals surface area contributed by atoms with Crippen LogP contribution in [0.1, 0.15) is 38.7 Å². The molecule has 0 bridgehead atoms. The summed E-state index contributed by atoms with van der Waals surface area (Å²) in [6, 6.07) is 9.33. The number of nitrogens with two attached hydrogens (primary N) is 1. The van der Waals surface area contributed by atoms with Crippen LogP contribution in [0.3, 0.4) is 0 Å². The van der Waals surface area contributed by atoms with Crippen molar-refractivity contribution >= 4 is 11.7 Å². The van der Waals surface area contributed by atoms with Crippen LogP contribution in [-0.2, 0) is 16.0 Å². The topological polar surface area (TPSA) is 84.2 Å². The van der Waals surface area contributed by atoms with E-state index in [2.05, 4.69) is 10.6 Å². The van der Waals surface area contributed by atoms with Gasteiger partial charge in [0.15, 0.2) is 5.78 Å². The van der Waals surface area contributed by atoms with E-state index in [1.165, 1.54) is 0 Å². The van der Waals surface area contributed by atoms with Crippen LogP contribution in [0.2, 0.25) is 0 Å². The molecular weight excluding hydrogens is 302 g/mol. The lowest BCUT2D eigenvalue weighted by atomic mass is 9.98. The predicted octanol–water partition coefficient (Wildman–Crippen LogP) is 1.66. The van der Waals surface area contributed by atoms with Crippen LogP contribution in [0.5, 0.6) is 0 Å². The first-order chi connectivity index (χ1) is 11.5. The zero-order valence-corrected chi connectivity index (χ0v) is 15.0. The van der Waals surface area contributed by atoms with Crippen molar-refractivity contribution in [3.05, 3.63) is 35.9 Å². The summed E-state index contributed by atoms with van der Waals surface area (Å²) in [7, 11) is 1.80. The molecule has 0 aliphatic carbocycles. The molecule has 0 heterocycles. The third-order valence-corrected chi connectivity index (χ3v) is 4.12. The monoisotopic (exact) mass is 333 g/mol. The first kappa shape index (κ1) is 20.3. The van der Waals surface area contributed by atoms with Gasteiger partial charge >= 0.3 is 0 Å². The predicted molar refractivity (Wildman–Crippen MR) is 97.7 cm³/mol. The molecule has 2 atom stereocenters. The second kappa shape index (κ2) is 10.9. The van der Waals surface area contributed by atoms with Crippen LogP contribution < -0.4 is 16.4 Å². The summed E-state index contributed by atoms with van der Waals surface area (Å²) in [5.41, 5.74) is 7.00. The first-order valence-electron chi connectivity index (χ1n) is 8.74. The van der Waals surface area contributed by atoms with E-state index in [0.717, 1.165) is 18.4 Å². The van der Waals surface area contributed by atoms with E-state index in [4.69, 9.17) is 5.73 Å². The highest BCUT2D eigenvalue weighted by atomic mass is 16.2. The highest BCUT2D eigenvalue weighted by Gasteiger charge is 2.17. The van der Waals surface area contributed by atoms with E-state index < -0.39 is 0 Å². The molecule has 0 spiro atoms. The van der Waals surface area contributed by atoms with Crippen molar-refractivity contribution in [2.24, 2.45) is 11.7 Å². The van der Waals surface area contributed by atoms with E-state index >= 15 is 0 Å². The summed E-state index contributed by atoms with van der Waals surface area (Å²) >= 11 is 0. The normalized spacial score (nSPS) is 13.5. The fraction of sp³-hybridized carbons (Fsp3) is 0.579. The first-order valence-corrected chi connectivity index (χ1v) is 8.74. The number of Topliss-reactive ketones (excluding diaryl/α,β-unsaturated/α-hetero) is 1. The maximum Gasteiger partial charge on any atom is 0.237 e. The van der Waals surface area contributed by atoms with Gasteiger partial charge in [0, 0.05) is 12.5 Å². The molecular formula is C19H31N3O2. The van der Waals surface area contributed by atoms with Crippen molar-refractivity contribution < 1.29 is 9.59 Å². The SMILES string of the molecule is CNC(Cc1ccccc1)C(=O)NCCCCC(N)C(=O)C(C)C. The van der Waals surface area contributed by atoms with Crippen LogP contribution >= 0.6 is 0 Å².